The van der Waals surface area contributed by atoms with Crippen LogP contribution in [-0.4, -0.2) is 30.3 Å². The van der Waals surface area contributed by atoms with Gasteiger partial charge in [0.2, 0.25) is 0 Å². The smallest absolute Gasteiger partial charge is 0.156 e. The maximum Gasteiger partial charge on any atom is 0.156 e. The van der Waals surface area contributed by atoms with Crippen LogP contribution in [0.2, 0.25) is 0 Å². The molecule has 0 bridgehead atoms. The van der Waals surface area contributed by atoms with Crippen LogP contribution in [0.5, 0.6) is 0 Å². The van der Waals surface area contributed by atoms with E-state index in [2.05, 4.69) is 4.90 Å². The molecule has 1 fully saturated rings. The number of halogens is 1. The summed E-state index contributed by atoms with van der Waals surface area (Å²) in [5.74, 6) is -0.122. The summed E-state index contributed by atoms with van der Waals surface area (Å²) >= 11 is 0. The van der Waals surface area contributed by atoms with Crippen LogP contribution in [0.4, 0.5) is 4.39 Å². The van der Waals surface area contributed by atoms with Gasteiger partial charge in [0.1, 0.15) is 5.82 Å². The molecule has 0 unspecified atom stereocenters. The second kappa shape index (κ2) is 7.19. The molecule has 2 nitrogen and oxygen atoms in total. The third-order valence-electron chi connectivity index (χ3n) is 3.45. The Balaban J connectivity index is 1.75. The molecule has 3 heteroatoms. The third-order valence-corrected chi connectivity index (χ3v) is 3.45. The number of rotatable bonds is 5. The number of nitrogens with zero attached hydrogens (tertiary/aromatic N) is 1. The lowest BCUT2D eigenvalue weighted by atomic mass is 10.1. The summed E-state index contributed by atoms with van der Waals surface area (Å²) < 4.78 is 12.7. The maximum absolute atomic E-state index is 12.7. The van der Waals surface area contributed by atoms with Gasteiger partial charge in [-0.3, -0.25) is 4.79 Å². The molecule has 0 N–H and O–H groups in total. The van der Waals surface area contributed by atoms with E-state index in [9.17, 15) is 9.18 Å². The largest absolute Gasteiger partial charge is 0.303 e. The lowest BCUT2D eigenvalue weighted by Gasteiger charge is -2.25. The highest BCUT2D eigenvalue weighted by molar-refractivity contribution is 5.93. The van der Waals surface area contributed by atoms with E-state index in [1.54, 1.807) is 24.3 Å². The van der Waals surface area contributed by atoms with Crippen molar-refractivity contribution in [1.29, 1.82) is 0 Å². The van der Waals surface area contributed by atoms with Crippen LogP contribution in [0.25, 0.3) is 6.08 Å². The van der Waals surface area contributed by atoms with Crippen molar-refractivity contribution in [2.24, 2.45) is 0 Å². The van der Waals surface area contributed by atoms with Crippen molar-refractivity contribution in [1.82, 2.24) is 4.90 Å². The average Bonchev–Trinajstić information content (AvgIpc) is 2.45. The Morgan fingerprint density at radius 1 is 1.16 bits per heavy atom. The van der Waals surface area contributed by atoms with E-state index in [1.165, 1.54) is 31.4 Å². The van der Waals surface area contributed by atoms with Gasteiger partial charge in [0, 0.05) is 13.0 Å². The van der Waals surface area contributed by atoms with E-state index in [-0.39, 0.29) is 11.6 Å². The molecule has 1 heterocycles. The molecular formula is C16H20FNO. The van der Waals surface area contributed by atoms with Gasteiger partial charge in [0.05, 0.1) is 0 Å². The van der Waals surface area contributed by atoms with Gasteiger partial charge in [-0.2, -0.15) is 0 Å². The Morgan fingerprint density at radius 2 is 1.84 bits per heavy atom. The predicted molar refractivity (Wildman–Crippen MR) is 75.3 cm³/mol. The molecule has 1 aromatic rings. The standard InChI is InChI=1S/C16H20FNO/c17-15-7-4-14(5-8-15)6-9-16(19)10-13-18-11-2-1-3-12-18/h4-9H,1-3,10-13H2. The van der Waals surface area contributed by atoms with Crippen molar-refractivity contribution in [2.75, 3.05) is 19.6 Å². The van der Waals surface area contributed by atoms with Gasteiger partial charge in [-0.05, 0) is 49.7 Å². The second-order valence-corrected chi connectivity index (χ2v) is 5.00. The highest BCUT2D eigenvalue weighted by Crippen LogP contribution is 2.09. The lowest BCUT2D eigenvalue weighted by Crippen LogP contribution is -2.31. The predicted octanol–water partition coefficient (Wildman–Crippen LogP) is 3.28. The van der Waals surface area contributed by atoms with Gasteiger partial charge in [0.25, 0.3) is 0 Å². The van der Waals surface area contributed by atoms with Crippen molar-refractivity contribution >= 4 is 11.9 Å². The number of hydrogen-bond donors (Lipinski definition) is 0. The highest BCUT2D eigenvalue weighted by atomic mass is 19.1. The van der Waals surface area contributed by atoms with Crippen LogP contribution in [0.15, 0.2) is 30.3 Å². The number of benzene rings is 1. The van der Waals surface area contributed by atoms with Gasteiger partial charge < -0.3 is 4.90 Å². The molecule has 0 aliphatic carbocycles. The first-order chi connectivity index (χ1) is 9.24. The number of piperidine rings is 1. The fourth-order valence-electron chi connectivity index (χ4n) is 2.30. The first kappa shape index (κ1) is 13.9. The number of carbonyl (C=O) groups excluding carboxylic acids is 1. The van der Waals surface area contributed by atoms with Crippen LogP contribution >= 0.6 is 0 Å². The number of likely N-dealkylation sites (tertiary alicyclic amines) is 1. The van der Waals surface area contributed by atoms with Crippen molar-refractivity contribution in [3.05, 3.63) is 41.7 Å². The Labute approximate surface area is 113 Å². The van der Waals surface area contributed by atoms with E-state index in [1.807, 2.05) is 0 Å². The van der Waals surface area contributed by atoms with Gasteiger partial charge in [-0.15, -0.1) is 0 Å². The Kier molecular flexibility index (Phi) is 5.28. The van der Waals surface area contributed by atoms with Crippen molar-refractivity contribution in [3.8, 4) is 0 Å². The van der Waals surface area contributed by atoms with E-state index in [4.69, 9.17) is 0 Å². The monoisotopic (exact) mass is 261 g/mol. The molecule has 0 atom stereocenters. The number of carbonyl (C=O) groups is 1. The fraction of sp³-hybridized carbons (Fsp3) is 0.438. The summed E-state index contributed by atoms with van der Waals surface area (Å²) in [6.45, 7) is 3.09. The van der Waals surface area contributed by atoms with Crippen LogP contribution in [0.3, 0.4) is 0 Å². The number of ketones is 1. The molecule has 0 amide bonds. The van der Waals surface area contributed by atoms with Gasteiger partial charge >= 0.3 is 0 Å². The van der Waals surface area contributed by atoms with Gasteiger partial charge in [-0.25, -0.2) is 4.39 Å². The average molecular weight is 261 g/mol. The summed E-state index contributed by atoms with van der Waals surface area (Å²) in [6, 6.07) is 6.14. The van der Waals surface area contributed by atoms with E-state index in [0.717, 1.165) is 25.2 Å². The van der Waals surface area contributed by atoms with Crippen LogP contribution in [-0.2, 0) is 4.79 Å². The lowest BCUT2D eigenvalue weighted by molar-refractivity contribution is -0.114. The minimum Gasteiger partial charge on any atom is -0.303 e. The Hall–Kier alpha value is -1.48. The minimum atomic E-state index is -0.256. The van der Waals surface area contributed by atoms with E-state index in [0.29, 0.717) is 6.42 Å². The van der Waals surface area contributed by atoms with Crippen molar-refractivity contribution < 1.29 is 9.18 Å². The quantitative estimate of drug-likeness (QED) is 0.758. The van der Waals surface area contributed by atoms with Crippen molar-refractivity contribution in [2.45, 2.75) is 25.7 Å². The first-order valence-corrected chi connectivity index (χ1v) is 6.93. The summed E-state index contributed by atoms with van der Waals surface area (Å²) in [4.78, 5) is 14.1. The minimum absolute atomic E-state index is 0.134. The second-order valence-electron chi connectivity index (χ2n) is 5.00. The van der Waals surface area contributed by atoms with Gasteiger partial charge in [0.15, 0.2) is 5.78 Å². The van der Waals surface area contributed by atoms with E-state index >= 15 is 0 Å². The SMILES string of the molecule is O=C(C=Cc1ccc(F)cc1)CCN1CCCCC1. The van der Waals surface area contributed by atoms with E-state index < -0.39 is 0 Å². The summed E-state index contributed by atoms with van der Waals surface area (Å²) in [6.07, 6.45) is 7.72. The van der Waals surface area contributed by atoms with Gasteiger partial charge in [-0.1, -0.05) is 24.6 Å². The molecule has 1 aromatic carbocycles. The Bertz CT molecular complexity index is 433. The fourth-order valence-corrected chi connectivity index (χ4v) is 2.30. The Morgan fingerprint density at radius 3 is 2.53 bits per heavy atom. The third kappa shape index (κ3) is 4.95. The topological polar surface area (TPSA) is 20.3 Å². The van der Waals surface area contributed by atoms with Crippen LogP contribution in [0, 0.1) is 5.82 Å². The molecule has 102 valence electrons. The maximum atomic E-state index is 12.7. The number of hydrogen-bond acceptors (Lipinski definition) is 2. The summed E-state index contributed by atoms with van der Waals surface area (Å²) in [7, 11) is 0. The van der Waals surface area contributed by atoms with Crippen LogP contribution < -0.4 is 0 Å². The molecule has 0 saturated carbocycles. The zero-order chi connectivity index (χ0) is 13.5. The molecule has 0 aromatic heterocycles. The zero-order valence-corrected chi connectivity index (χ0v) is 11.1. The normalized spacial score (nSPS) is 16.9. The molecule has 1 aliphatic rings. The molecule has 0 radical (unpaired) electrons. The molecular weight excluding hydrogens is 241 g/mol. The highest BCUT2D eigenvalue weighted by Gasteiger charge is 2.10. The van der Waals surface area contributed by atoms with Crippen LogP contribution in [0.1, 0.15) is 31.2 Å². The number of allylic oxidation sites excluding steroid dienone is 1. The van der Waals surface area contributed by atoms with Crippen molar-refractivity contribution in [3.63, 3.8) is 0 Å². The summed E-state index contributed by atoms with van der Waals surface area (Å²) in [5.41, 5.74) is 0.854. The summed E-state index contributed by atoms with van der Waals surface area (Å²) in [5, 5.41) is 0. The molecule has 1 saturated heterocycles. The zero-order valence-electron chi connectivity index (χ0n) is 11.1. The molecule has 2 rings (SSSR count). The molecule has 0 spiro atoms. The first-order valence-electron chi connectivity index (χ1n) is 6.93. The molecule has 19 heavy (non-hydrogen) atoms. The molecule has 1 aliphatic heterocycles.